The Hall–Kier alpha value is -6.84. The Morgan fingerprint density at radius 1 is 0.241 bits per heavy atom. The minimum Gasteiger partial charge on any atom is -0.135 e. The lowest BCUT2D eigenvalue weighted by Gasteiger charge is -2.20. The van der Waals surface area contributed by atoms with Crippen molar-refractivity contribution in [2.75, 3.05) is 0 Å². The normalized spacial score (nSPS) is 12.1. The molecule has 0 atom stereocenters. The largest absolute Gasteiger partial charge is 0.135 e. The van der Waals surface area contributed by atoms with Crippen LogP contribution in [-0.2, 0) is 0 Å². The molecule has 0 aliphatic carbocycles. The molecular formula is C56H32S2. The highest BCUT2D eigenvalue weighted by molar-refractivity contribution is 7.27. The van der Waals surface area contributed by atoms with Crippen LogP contribution >= 0.6 is 22.7 Å². The zero-order chi connectivity index (χ0) is 37.9. The molecule has 0 nitrogen and oxygen atoms in total. The van der Waals surface area contributed by atoms with Crippen molar-refractivity contribution in [3.8, 4) is 33.4 Å². The molecule has 2 aromatic heterocycles. The molecule has 0 saturated heterocycles. The van der Waals surface area contributed by atoms with E-state index in [0.717, 1.165) is 0 Å². The van der Waals surface area contributed by atoms with Crippen molar-refractivity contribution in [3.05, 3.63) is 194 Å². The van der Waals surface area contributed by atoms with Crippen molar-refractivity contribution >= 4 is 117 Å². The molecule has 58 heavy (non-hydrogen) atoms. The van der Waals surface area contributed by atoms with Gasteiger partial charge in [0.15, 0.2) is 0 Å². The van der Waals surface area contributed by atoms with Crippen LogP contribution in [0.3, 0.4) is 0 Å². The standard InChI is InChI=1S/C56H32S2/c1-2-14-36-33(12-1)13-11-22-41(36)54-42-18-5-7-20-44(42)55(45-21-8-6-19-43(45)54)46-28-27-37(38-15-3-4-16-39(38)46)34-25-29-52-49(30-34)50-32-48-35(31-53(50)57-52)24-26-47-40-17-9-10-23-51(40)58-56(47)48/h1-32H. The molecule has 2 heterocycles. The third-order valence-electron chi connectivity index (χ3n) is 12.4. The van der Waals surface area contributed by atoms with Gasteiger partial charge in [0.25, 0.3) is 0 Å². The average molecular weight is 769 g/mol. The van der Waals surface area contributed by atoms with Crippen LogP contribution < -0.4 is 0 Å². The molecule has 268 valence electrons. The highest BCUT2D eigenvalue weighted by atomic mass is 32.1. The summed E-state index contributed by atoms with van der Waals surface area (Å²) in [5, 5.41) is 18.2. The monoisotopic (exact) mass is 768 g/mol. The third kappa shape index (κ3) is 4.62. The molecule has 0 unspecified atom stereocenters. The zero-order valence-electron chi connectivity index (χ0n) is 31.3. The number of benzene rings is 11. The molecular weight excluding hydrogens is 737 g/mol. The van der Waals surface area contributed by atoms with E-state index in [-0.39, 0.29) is 0 Å². The van der Waals surface area contributed by atoms with Gasteiger partial charge < -0.3 is 0 Å². The van der Waals surface area contributed by atoms with Gasteiger partial charge >= 0.3 is 0 Å². The van der Waals surface area contributed by atoms with Crippen LogP contribution in [-0.4, -0.2) is 0 Å². The molecule has 0 amide bonds. The Bertz CT molecular complexity index is 3800. The second-order valence-electron chi connectivity index (χ2n) is 15.5. The van der Waals surface area contributed by atoms with E-state index in [2.05, 4.69) is 194 Å². The lowest BCUT2D eigenvalue weighted by atomic mass is 9.83. The van der Waals surface area contributed by atoms with Gasteiger partial charge in [-0.2, -0.15) is 0 Å². The van der Waals surface area contributed by atoms with Crippen molar-refractivity contribution in [1.29, 1.82) is 0 Å². The predicted molar refractivity (Wildman–Crippen MR) is 256 cm³/mol. The van der Waals surface area contributed by atoms with Gasteiger partial charge in [-0.25, -0.2) is 0 Å². The topological polar surface area (TPSA) is 0 Å². The van der Waals surface area contributed by atoms with E-state index >= 15 is 0 Å². The summed E-state index contributed by atoms with van der Waals surface area (Å²) < 4.78 is 5.39. The van der Waals surface area contributed by atoms with Crippen LogP contribution in [0, 0.1) is 0 Å². The van der Waals surface area contributed by atoms with Gasteiger partial charge in [0.1, 0.15) is 0 Å². The van der Waals surface area contributed by atoms with Gasteiger partial charge in [-0.15, -0.1) is 22.7 Å². The average Bonchev–Trinajstić information content (AvgIpc) is 3.85. The summed E-state index contributed by atoms with van der Waals surface area (Å²) in [5.41, 5.74) is 7.62. The first-order valence-electron chi connectivity index (χ1n) is 19.9. The van der Waals surface area contributed by atoms with Crippen LogP contribution in [0.2, 0.25) is 0 Å². The fourth-order valence-electron chi connectivity index (χ4n) is 9.87. The molecule has 2 heteroatoms. The molecule has 0 radical (unpaired) electrons. The Balaban J connectivity index is 1.03. The lowest BCUT2D eigenvalue weighted by Crippen LogP contribution is -1.93. The molecule has 0 aliphatic rings. The fraction of sp³-hybridized carbons (Fsp3) is 0. The Morgan fingerprint density at radius 3 is 1.53 bits per heavy atom. The predicted octanol–water partition coefficient (Wildman–Crippen LogP) is 17.2. The number of thiophene rings is 2. The summed E-state index contributed by atoms with van der Waals surface area (Å²) in [5.74, 6) is 0. The van der Waals surface area contributed by atoms with E-state index in [4.69, 9.17) is 0 Å². The highest BCUT2D eigenvalue weighted by Crippen LogP contribution is 2.48. The molecule has 0 saturated carbocycles. The van der Waals surface area contributed by atoms with Crippen LogP contribution in [0.4, 0.5) is 0 Å². The number of hydrogen-bond donors (Lipinski definition) is 0. The summed E-state index contributed by atoms with van der Waals surface area (Å²) in [6.45, 7) is 0. The van der Waals surface area contributed by atoms with E-state index in [0.29, 0.717) is 0 Å². The maximum atomic E-state index is 2.46. The van der Waals surface area contributed by atoms with E-state index in [1.807, 2.05) is 22.7 Å². The molecule has 0 bridgehead atoms. The van der Waals surface area contributed by atoms with Crippen LogP contribution in [0.25, 0.3) is 128 Å². The Labute approximate surface area is 342 Å². The molecule has 13 rings (SSSR count). The number of hydrogen-bond acceptors (Lipinski definition) is 2. The van der Waals surface area contributed by atoms with Crippen molar-refractivity contribution in [1.82, 2.24) is 0 Å². The smallest absolute Gasteiger partial charge is 0.0434 e. The van der Waals surface area contributed by atoms with Crippen molar-refractivity contribution in [3.63, 3.8) is 0 Å². The van der Waals surface area contributed by atoms with E-state index in [1.54, 1.807) is 0 Å². The minimum absolute atomic E-state index is 1.25. The van der Waals surface area contributed by atoms with Crippen molar-refractivity contribution in [2.45, 2.75) is 0 Å². The summed E-state index contributed by atoms with van der Waals surface area (Å²) in [7, 11) is 0. The Morgan fingerprint density at radius 2 is 0.793 bits per heavy atom. The van der Waals surface area contributed by atoms with Gasteiger partial charge in [0, 0.05) is 45.7 Å². The van der Waals surface area contributed by atoms with Gasteiger partial charge in [-0.05, 0) is 112 Å². The van der Waals surface area contributed by atoms with Crippen LogP contribution in [0.1, 0.15) is 0 Å². The van der Waals surface area contributed by atoms with Crippen molar-refractivity contribution in [2.24, 2.45) is 0 Å². The molecule has 0 spiro atoms. The van der Waals surface area contributed by atoms with Crippen molar-refractivity contribution < 1.29 is 0 Å². The Kier molecular flexibility index (Phi) is 6.86. The SMILES string of the molecule is c1ccc2c(-c3c4ccccc4c(-c4ccc(-c5ccc6sc7cc8ccc9c%10ccccc%10sc9c8cc7c6c5)c5ccccc45)c4ccccc34)cccc2c1. The van der Waals surface area contributed by atoms with E-state index in [1.165, 1.54) is 128 Å². The summed E-state index contributed by atoms with van der Waals surface area (Å²) in [6, 6.07) is 72.7. The van der Waals surface area contributed by atoms with Gasteiger partial charge in [-0.3, -0.25) is 0 Å². The van der Waals surface area contributed by atoms with Crippen LogP contribution in [0.5, 0.6) is 0 Å². The number of fused-ring (bicyclic) bond motifs is 12. The quantitative estimate of drug-likeness (QED) is 0.157. The highest BCUT2D eigenvalue weighted by Gasteiger charge is 2.20. The minimum atomic E-state index is 1.25. The second-order valence-corrected chi connectivity index (χ2v) is 17.6. The van der Waals surface area contributed by atoms with E-state index in [9.17, 15) is 0 Å². The van der Waals surface area contributed by atoms with Crippen LogP contribution in [0.15, 0.2) is 194 Å². The molecule has 0 N–H and O–H groups in total. The second kappa shape index (κ2) is 12.3. The fourth-order valence-corrected chi connectivity index (χ4v) is 12.2. The van der Waals surface area contributed by atoms with Gasteiger partial charge in [-0.1, -0.05) is 164 Å². The molecule has 11 aromatic carbocycles. The summed E-state index contributed by atoms with van der Waals surface area (Å²) >= 11 is 3.81. The maximum absolute atomic E-state index is 2.46. The maximum Gasteiger partial charge on any atom is 0.0434 e. The van der Waals surface area contributed by atoms with Gasteiger partial charge in [0.2, 0.25) is 0 Å². The number of rotatable bonds is 3. The summed E-state index contributed by atoms with van der Waals surface area (Å²) in [6.07, 6.45) is 0. The first kappa shape index (κ1) is 32.3. The first-order chi connectivity index (χ1) is 28.8. The first-order valence-corrected chi connectivity index (χ1v) is 21.5. The lowest BCUT2D eigenvalue weighted by molar-refractivity contribution is 1.67. The summed E-state index contributed by atoms with van der Waals surface area (Å²) in [4.78, 5) is 0. The molecule has 0 fully saturated rings. The van der Waals surface area contributed by atoms with Gasteiger partial charge in [0.05, 0.1) is 0 Å². The third-order valence-corrected chi connectivity index (χ3v) is 14.8. The van der Waals surface area contributed by atoms with E-state index < -0.39 is 0 Å². The molecule has 0 aliphatic heterocycles. The molecule has 13 aromatic rings. The zero-order valence-corrected chi connectivity index (χ0v) is 32.9.